The maximum absolute atomic E-state index is 12.8. The molecule has 0 fully saturated rings. The molecule has 33 heavy (non-hydrogen) atoms. The molecular weight excluding hydrogens is 418 g/mol. The first-order valence-corrected chi connectivity index (χ1v) is 10.7. The number of likely N-dealkylation sites (N-methyl/N-ethyl adjacent to an activating group) is 1. The van der Waals surface area contributed by atoms with Gasteiger partial charge in [0.05, 0.1) is 18.5 Å². The summed E-state index contributed by atoms with van der Waals surface area (Å²) in [5.41, 5.74) is 3.13. The van der Waals surface area contributed by atoms with Crippen molar-refractivity contribution in [3.05, 3.63) is 65.9 Å². The van der Waals surface area contributed by atoms with Crippen molar-refractivity contribution >= 4 is 23.4 Å². The van der Waals surface area contributed by atoms with E-state index in [9.17, 15) is 9.59 Å². The Kier molecular flexibility index (Phi) is 7.06. The number of carbonyl (C=O) groups is 2. The third-order valence-corrected chi connectivity index (χ3v) is 5.06. The molecule has 3 rings (SSSR count). The number of carbonyl (C=O) groups excluding carboxylic acids is 2. The van der Waals surface area contributed by atoms with Gasteiger partial charge in [-0.25, -0.2) is 9.48 Å². The van der Waals surface area contributed by atoms with E-state index in [1.165, 1.54) is 4.90 Å². The Bertz CT molecular complexity index is 1130. The Morgan fingerprint density at radius 2 is 1.76 bits per heavy atom. The molecule has 0 saturated carbocycles. The van der Waals surface area contributed by atoms with Gasteiger partial charge in [-0.15, -0.1) is 0 Å². The third-order valence-electron chi connectivity index (χ3n) is 5.06. The van der Waals surface area contributed by atoms with Crippen LogP contribution in [0.1, 0.15) is 32.0 Å². The van der Waals surface area contributed by atoms with Gasteiger partial charge < -0.3 is 20.3 Å². The zero-order valence-electron chi connectivity index (χ0n) is 20.0. The largest absolute Gasteiger partial charge is 0.497 e. The van der Waals surface area contributed by atoms with E-state index < -0.39 is 0 Å². The van der Waals surface area contributed by atoms with Crippen LogP contribution in [0, 0.1) is 6.92 Å². The highest BCUT2D eigenvalue weighted by Crippen LogP contribution is 2.27. The van der Waals surface area contributed by atoms with Crippen LogP contribution >= 0.6 is 0 Å². The molecule has 2 N–H and O–H groups in total. The minimum atomic E-state index is -0.366. The van der Waals surface area contributed by atoms with Crippen molar-refractivity contribution in [1.29, 1.82) is 0 Å². The van der Waals surface area contributed by atoms with Crippen molar-refractivity contribution in [3.8, 4) is 11.4 Å². The summed E-state index contributed by atoms with van der Waals surface area (Å²) in [6.07, 6.45) is 0. The number of benzene rings is 2. The summed E-state index contributed by atoms with van der Waals surface area (Å²) in [5, 5.41) is 10.4. The number of anilines is 2. The Morgan fingerprint density at radius 3 is 2.36 bits per heavy atom. The number of hydrogen-bond donors (Lipinski definition) is 2. The lowest BCUT2D eigenvalue weighted by Crippen LogP contribution is -2.37. The first-order chi connectivity index (χ1) is 15.6. The summed E-state index contributed by atoms with van der Waals surface area (Å²) < 4.78 is 6.92. The molecule has 8 nitrogen and oxygen atoms in total. The Balaban J connectivity index is 1.74. The average molecular weight is 450 g/mol. The number of amides is 3. The van der Waals surface area contributed by atoms with Gasteiger partial charge in [0, 0.05) is 24.2 Å². The first-order valence-electron chi connectivity index (χ1n) is 10.7. The number of hydrogen-bond acceptors (Lipinski definition) is 4. The Labute approximate surface area is 194 Å². The lowest BCUT2D eigenvalue weighted by Gasteiger charge is -2.18. The zero-order valence-corrected chi connectivity index (χ0v) is 20.0. The molecule has 0 radical (unpaired) electrons. The minimum absolute atomic E-state index is 0.115. The number of aryl methyl sites for hydroxylation is 1. The van der Waals surface area contributed by atoms with E-state index in [0.29, 0.717) is 11.5 Å². The van der Waals surface area contributed by atoms with E-state index >= 15 is 0 Å². The Hall–Kier alpha value is -3.81. The molecule has 174 valence electrons. The van der Waals surface area contributed by atoms with Crippen LogP contribution in [0.3, 0.4) is 0 Å². The number of rotatable bonds is 6. The van der Waals surface area contributed by atoms with Crippen LogP contribution in [-0.2, 0) is 10.2 Å². The van der Waals surface area contributed by atoms with E-state index in [1.807, 2.05) is 55.5 Å². The smallest absolute Gasteiger partial charge is 0.322 e. The fourth-order valence-electron chi connectivity index (χ4n) is 3.17. The molecule has 0 atom stereocenters. The zero-order chi connectivity index (χ0) is 24.2. The predicted molar refractivity (Wildman–Crippen MR) is 130 cm³/mol. The van der Waals surface area contributed by atoms with Crippen LogP contribution in [0.4, 0.5) is 16.3 Å². The normalized spacial score (nSPS) is 11.1. The van der Waals surface area contributed by atoms with Gasteiger partial charge in [0.25, 0.3) is 0 Å². The van der Waals surface area contributed by atoms with Crippen molar-refractivity contribution in [2.24, 2.45) is 0 Å². The van der Waals surface area contributed by atoms with Crippen LogP contribution in [0.2, 0.25) is 0 Å². The second-order valence-electron chi connectivity index (χ2n) is 8.98. The van der Waals surface area contributed by atoms with Crippen molar-refractivity contribution in [1.82, 2.24) is 14.7 Å². The standard InChI is InChI=1S/C25H31N5O3/c1-17-8-7-9-18(14-17)26-24(32)29(5)16-23(31)27-22-15-21(25(2,3)4)28-30(22)19-10-12-20(33-6)13-11-19/h7-15H,16H2,1-6H3,(H,26,32)(H,27,31). The van der Waals surface area contributed by atoms with Gasteiger partial charge in [0.2, 0.25) is 5.91 Å². The molecule has 1 heterocycles. The van der Waals surface area contributed by atoms with Crippen LogP contribution in [0.25, 0.3) is 5.69 Å². The van der Waals surface area contributed by atoms with Crippen LogP contribution in [-0.4, -0.2) is 47.3 Å². The summed E-state index contributed by atoms with van der Waals surface area (Å²) in [7, 11) is 3.18. The SMILES string of the molecule is COc1ccc(-n2nc(C(C)(C)C)cc2NC(=O)CN(C)C(=O)Nc2cccc(C)c2)cc1. The molecule has 0 spiro atoms. The number of urea groups is 1. The van der Waals surface area contributed by atoms with Gasteiger partial charge in [0.1, 0.15) is 18.1 Å². The minimum Gasteiger partial charge on any atom is -0.497 e. The first kappa shape index (κ1) is 23.8. The molecular formula is C25H31N5O3. The van der Waals surface area contributed by atoms with E-state index in [2.05, 4.69) is 31.4 Å². The van der Waals surface area contributed by atoms with Crippen molar-refractivity contribution in [3.63, 3.8) is 0 Å². The highest BCUT2D eigenvalue weighted by molar-refractivity contribution is 5.96. The van der Waals surface area contributed by atoms with Crippen molar-refractivity contribution in [2.45, 2.75) is 33.1 Å². The molecule has 0 unspecified atom stereocenters. The maximum Gasteiger partial charge on any atom is 0.322 e. The van der Waals surface area contributed by atoms with E-state index in [-0.39, 0.29) is 23.9 Å². The highest BCUT2D eigenvalue weighted by atomic mass is 16.5. The number of methoxy groups -OCH3 is 1. The summed E-state index contributed by atoms with van der Waals surface area (Å²) in [6.45, 7) is 8.01. The quantitative estimate of drug-likeness (QED) is 0.576. The highest BCUT2D eigenvalue weighted by Gasteiger charge is 2.22. The summed E-state index contributed by atoms with van der Waals surface area (Å²) >= 11 is 0. The van der Waals surface area contributed by atoms with E-state index in [1.54, 1.807) is 24.9 Å². The number of nitrogens with one attached hydrogen (secondary N) is 2. The fraction of sp³-hybridized carbons (Fsp3) is 0.320. The van der Waals surface area contributed by atoms with Crippen LogP contribution in [0.15, 0.2) is 54.6 Å². The van der Waals surface area contributed by atoms with Crippen LogP contribution < -0.4 is 15.4 Å². The van der Waals surface area contributed by atoms with Crippen molar-refractivity contribution < 1.29 is 14.3 Å². The van der Waals surface area contributed by atoms with E-state index in [4.69, 9.17) is 9.84 Å². The molecule has 2 aromatic carbocycles. The topological polar surface area (TPSA) is 88.5 Å². The molecule has 0 bridgehead atoms. The molecule has 0 aliphatic carbocycles. The van der Waals surface area contributed by atoms with Crippen molar-refractivity contribution in [2.75, 3.05) is 31.3 Å². The van der Waals surface area contributed by atoms with Gasteiger partial charge in [0.15, 0.2) is 0 Å². The number of ether oxygens (including phenoxy) is 1. The molecule has 8 heteroatoms. The maximum atomic E-state index is 12.8. The van der Waals surface area contributed by atoms with Crippen LogP contribution in [0.5, 0.6) is 5.75 Å². The Morgan fingerprint density at radius 1 is 1.06 bits per heavy atom. The van der Waals surface area contributed by atoms with Gasteiger partial charge in [-0.05, 0) is 48.9 Å². The molecule has 3 amide bonds. The van der Waals surface area contributed by atoms with Gasteiger partial charge in [-0.1, -0.05) is 32.9 Å². The van der Waals surface area contributed by atoms with Gasteiger partial charge in [-0.2, -0.15) is 5.10 Å². The second kappa shape index (κ2) is 9.77. The van der Waals surface area contributed by atoms with Gasteiger partial charge in [-0.3, -0.25) is 4.79 Å². The molecule has 1 aromatic heterocycles. The summed E-state index contributed by atoms with van der Waals surface area (Å²) in [5.74, 6) is 0.934. The summed E-state index contributed by atoms with van der Waals surface area (Å²) in [6, 6.07) is 16.4. The summed E-state index contributed by atoms with van der Waals surface area (Å²) in [4.78, 5) is 26.6. The molecule has 0 aliphatic rings. The monoisotopic (exact) mass is 449 g/mol. The molecule has 0 aliphatic heterocycles. The predicted octanol–water partition coefficient (Wildman–Crippen LogP) is 4.59. The van der Waals surface area contributed by atoms with Gasteiger partial charge >= 0.3 is 6.03 Å². The molecule has 0 saturated heterocycles. The third kappa shape index (κ3) is 6.12. The number of aromatic nitrogens is 2. The second-order valence-corrected chi connectivity index (χ2v) is 8.98. The number of nitrogens with zero attached hydrogens (tertiary/aromatic N) is 3. The fourth-order valence-corrected chi connectivity index (χ4v) is 3.17. The lowest BCUT2D eigenvalue weighted by atomic mass is 9.92. The average Bonchev–Trinajstić information content (AvgIpc) is 3.18. The molecule has 3 aromatic rings. The van der Waals surface area contributed by atoms with E-state index in [0.717, 1.165) is 22.7 Å². The lowest BCUT2D eigenvalue weighted by molar-refractivity contribution is -0.116.